The molecule has 0 fully saturated rings. The second kappa shape index (κ2) is 6.10. The Morgan fingerprint density at radius 3 is 2.79 bits per heavy atom. The van der Waals surface area contributed by atoms with E-state index < -0.39 is 5.97 Å². The number of hydrogen-bond acceptors (Lipinski definition) is 5. The first-order chi connectivity index (χ1) is 9.26. The molecule has 1 unspecified atom stereocenters. The average molecular weight is 260 g/mol. The van der Waals surface area contributed by atoms with Gasteiger partial charge in [0.25, 0.3) is 5.82 Å². The molecule has 0 spiro atoms. The Bertz CT molecular complexity index is 539. The number of aromatic nitrogens is 3. The molecule has 0 radical (unpaired) electrons. The summed E-state index contributed by atoms with van der Waals surface area (Å²) in [4.78, 5) is 15.7. The van der Waals surface area contributed by atoms with E-state index in [1.807, 2.05) is 30.3 Å². The van der Waals surface area contributed by atoms with Crippen molar-refractivity contribution in [1.29, 1.82) is 0 Å². The molecule has 6 heteroatoms. The molecular weight excluding hydrogens is 244 g/mol. The van der Waals surface area contributed by atoms with E-state index in [2.05, 4.69) is 15.2 Å². The highest BCUT2D eigenvalue weighted by molar-refractivity contribution is 5.84. The van der Waals surface area contributed by atoms with Crippen molar-refractivity contribution in [3.8, 4) is 0 Å². The molecule has 0 saturated carbocycles. The number of esters is 1. The summed E-state index contributed by atoms with van der Waals surface area (Å²) in [5, 5.41) is 6.62. The van der Waals surface area contributed by atoms with Crippen LogP contribution in [-0.2, 0) is 4.74 Å². The molecule has 1 aromatic carbocycles. The van der Waals surface area contributed by atoms with Gasteiger partial charge in [-0.2, -0.15) is 0 Å². The summed E-state index contributed by atoms with van der Waals surface area (Å²) in [6.45, 7) is 2.40. The smallest absolute Gasteiger partial charge is 0.378 e. The second-order valence-electron chi connectivity index (χ2n) is 3.96. The number of ether oxygens (including phenoxy) is 1. The average Bonchev–Trinajstić information content (AvgIpc) is 2.91. The van der Waals surface area contributed by atoms with Crippen molar-refractivity contribution in [3.05, 3.63) is 47.5 Å². The zero-order chi connectivity index (χ0) is 13.7. The van der Waals surface area contributed by atoms with Gasteiger partial charge in [-0.1, -0.05) is 30.3 Å². The van der Waals surface area contributed by atoms with Crippen LogP contribution in [0.3, 0.4) is 0 Å². The number of rotatable bonds is 5. The molecule has 0 aliphatic heterocycles. The van der Waals surface area contributed by atoms with Gasteiger partial charge in [0.05, 0.1) is 12.5 Å². The summed E-state index contributed by atoms with van der Waals surface area (Å²) in [6, 6.07) is 9.72. The minimum Gasteiger partial charge on any atom is -0.460 e. The Morgan fingerprint density at radius 1 is 1.42 bits per heavy atom. The third kappa shape index (κ3) is 2.97. The summed E-state index contributed by atoms with van der Waals surface area (Å²) in [6.07, 6.45) is 0. The minimum atomic E-state index is -0.533. The fraction of sp³-hybridized carbons (Fsp3) is 0.308. The van der Waals surface area contributed by atoms with E-state index in [1.165, 1.54) is 0 Å². The molecule has 2 rings (SSSR count). The van der Waals surface area contributed by atoms with Crippen LogP contribution < -0.4 is 5.73 Å². The number of nitrogens with one attached hydrogen (secondary N) is 1. The van der Waals surface area contributed by atoms with Gasteiger partial charge in [0.1, 0.15) is 5.82 Å². The highest BCUT2D eigenvalue weighted by Crippen LogP contribution is 2.20. The maximum Gasteiger partial charge on any atom is 0.378 e. The fourth-order valence-electron chi connectivity index (χ4n) is 1.81. The molecule has 0 aliphatic rings. The lowest BCUT2D eigenvalue weighted by Gasteiger charge is -2.11. The topological polar surface area (TPSA) is 93.9 Å². The van der Waals surface area contributed by atoms with Crippen molar-refractivity contribution >= 4 is 5.97 Å². The number of carbonyl (C=O) groups is 1. The van der Waals surface area contributed by atoms with Gasteiger partial charge in [0.15, 0.2) is 0 Å². The van der Waals surface area contributed by atoms with Crippen molar-refractivity contribution in [3.63, 3.8) is 0 Å². The Balaban J connectivity index is 2.23. The largest absolute Gasteiger partial charge is 0.460 e. The lowest BCUT2D eigenvalue weighted by Crippen LogP contribution is -2.15. The molecule has 3 N–H and O–H groups in total. The predicted octanol–water partition coefficient (Wildman–Crippen LogP) is 1.07. The van der Waals surface area contributed by atoms with Gasteiger partial charge in [-0.15, -0.1) is 5.10 Å². The molecule has 1 atom stereocenters. The normalized spacial score (nSPS) is 12.1. The van der Waals surface area contributed by atoms with Gasteiger partial charge in [0, 0.05) is 6.54 Å². The number of benzene rings is 1. The van der Waals surface area contributed by atoms with Crippen molar-refractivity contribution in [2.45, 2.75) is 12.8 Å². The summed E-state index contributed by atoms with van der Waals surface area (Å²) >= 11 is 0. The second-order valence-corrected chi connectivity index (χ2v) is 3.96. The first-order valence-corrected chi connectivity index (χ1v) is 6.10. The standard InChI is InChI=1S/C13H16N4O2/c1-2-19-13(18)12-15-11(16-17-12)10(8-14)9-6-4-3-5-7-9/h3-7,10H,2,8,14H2,1H3,(H,15,16,17). The van der Waals surface area contributed by atoms with E-state index in [9.17, 15) is 4.79 Å². The van der Waals surface area contributed by atoms with Crippen LogP contribution in [0.2, 0.25) is 0 Å². The van der Waals surface area contributed by atoms with Crippen LogP contribution in [0.15, 0.2) is 30.3 Å². The number of hydrogen-bond donors (Lipinski definition) is 2. The Labute approximate surface area is 111 Å². The third-order valence-corrected chi connectivity index (χ3v) is 2.73. The van der Waals surface area contributed by atoms with Gasteiger partial charge in [-0.3, -0.25) is 5.10 Å². The quantitative estimate of drug-likeness (QED) is 0.784. The number of aromatic amines is 1. The predicted molar refractivity (Wildman–Crippen MR) is 69.7 cm³/mol. The van der Waals surface area contributed by atoms with Crippen molar-refractivity contribution in [2.75, 3.05) is 13.2 Å². The molecule has 0 aliphatic carbocycles. The van der Waals surface area contributed by atoms with Crippen LogP contribution in [0.25, 0.3) is 0 Å². The molecule has 19 heavy (non-hydrogen) atoms. The molecule has 1 aromatic heterocycles. The van der Waals surface area contributed by atoms with Gasteiger partial charge >= 0.3 is 5.97 Å². The number of H-pyrrole nitrogens is 1. The maximum atomic E-state index is 11.5. The fourth-order valence-corrected chi connectivity index (χ4v) is 1.81. The molecule has 0 saturated heterocycles. The van der Waals surface area contributed by atoms with Gasteiger partial charge in [-0.05, 0) is 12.5 Å². The monoisotopic (exact) mass is 260 g/mol. The van der Waals surface area contributed by atoms with Crippen LogP contribution in [0.4, 0.5) is 0 Å². The van der Waals surface area contributed by atoms with Crippen molar-refractivity contribution in [1.82, 2.24) is 15.2 Å². The maximum absolute atomic E-state index is 11.5. The number of nitrogens with zero attached hydrogens (tertiary/aromatic N) is 2. The molecule has 1 heterocycles. The van der Waals surface area contributed by atoms with Crippen LogP contribution in [0.1, 0.15) is 34.8 Å². The van der Waals surface area contributed by atoms with Crippen LogP contribution in [-0.4, -0.2) is 34.3 Å². The van der Waals surface area contributed by atoms with E-state index in [1.54, 1.807) is 6.92 Å². The first kappa shape index (κ1) is 13.2. The van der Waals surface area contributed by atoms with Crippen molar-refractivity contribution in [2.24, 2.45) is 5.73 Å². The highest BCUT2D eigenvalue weighted by Gasteiger charge is 2.20. The van der Waals surface area contributed by atoms with Gasteiger partial charge < -0.3 is 10.5 Å². The zero-order valence-corrected chi connectivity index (χ0v) is 10.7. The summed E-state index contributed by atoms with van der Waals surface area (Å²) in [7, 11) is 0. The zero-order valence-electron chi connectivity index (χ0n) is 10.7. The van der Waals surface area contributed by atoms with Gasteiger partial charge in [0.2, 0.25) is 0 Å². The van der Waals surface area contributed by atoms with Crippen LogP contribution in [0, 0.1) is 0 Å². The summed E-state index contributed by atoms with van der Waals surface area (Å²) in [5.41, 5.74) is 6.80. The number of nitrogens with two attached hydrogens (primary N) is 1. The van der Waals surface area contributed by atoms with Crippen LogP contribution >= 0.6 is 0 Å². The van der Waals surface area contributed by atoms with E-state index in [-0.39, 0.29) is 11.7 Å². The molecule has 0 bridgehead atoms. The van der Waals surface area contributed by atoms with Crippen LogP contribution in [0.5, 0.6) is 0 Å². The lowest BCUT2D eigenvalue weighted by molar-refractivity contribution is 0.0512. The van der Waals surface area contributed by atoms with E-state index >= 15 is 0 Å². The lowest BCUT2D eigenvalue weighted by atomic mass is 9.99. The molecule has 0 amide bonds. The van der Waals surface area contributed by atoms with E-state index in [4.69, 9.17) is 10.5 Å². The van der Waals surface area contributed by atoms with Gasteiger partial charge in [-0.25, -0.2) is 9.78 Å². The SMILES string of the molecule is CCOC(=O)c1n[nH]c(C(CN)c2ccccc2)n1. The molecular formula is C13H16N4O2. The third-order valence-electron chi connectivity index (χ3n) is 2.73. The van der Waals surface area contributed by atoms with E-state index in [0.29, 0.717) is 19.0 Å². The van der Waals surface area contributed by atoms with E-state index in [0.717, 1.165) is 5.56 Å². The molecule has 2 aromatic rings. The number of carbonyl (C=O) groups excluding carboxylic acids is 1. The Hall–Kier alpha value is -2.21. The minimum absolute atomic E-state index is 0.0335. The Morgan fingerprint density at radius 2 is 2.16 bits per heavy atom. The summed E-state index contributed by atoms with van der Waals surface area (Å²) < 4.78 is 4.85. The van der Waals surface area contributed by atoms with Crippen molar-refractivity contribution < 1.29 is 9.53 Å². The Kier molecular flexibility index (Phi) is 4.25. The molecule has 100 valence electrons. The first-order valence-electron chi connectivity index (χ1n) is 6.10. The summed E-state index contributed by atoms with van der Waals surface area (Å²) in [5.74, 6) is -0.0475. The molecule has 6 nitrogen and oxygen atoms in total. The highest BCUT2D eigenvalue weighted by atomic mass is 16.5.